The minimum absolute atomic E-state index is 0.369. The zero-order chi connectivity index (χ0) is 13.1. The minimum atomic E-state index is -0.605. The first kappa shape index (κ1) is 12.7. The summed E-state index contributed by atoms with van der Waals surface area (Å²) in [6.07, 6.45) is 0. The molecule has 0 fully saturated rings. The molecule has 1 aromatic carbocycles. The fourth-order valence-electron chi connectivity index (χ4n) is 2.22. The van der Waals surface area contributed by atoms with Crippen molar-refractivity contribution >= 4 is 17.3 Å². The van der Waals surface area contributed by atoms with Gasteiger partial charge in [-0.25, -0.2) is 0 Å². The number of benzene rings is 1. The standard InChI is InChI=1S/C13H19N3O2/c1-15-7-8-16(9-10(14)13(17)18-2)12-6-4-3-5-11(12)15/h3-6,10H,7-9,14H2,1-2H3. The minimum Gasteiger partial charge on any atom is -0.468 e. The predicted octanol–water partition coefficient (Wildman–Crippen LogP) is 0.443. The lowest BCUT2D eigenvalue weighted by molar-refractivity contribution is -0.141. The lowest BCUT2D eigenvalue weighted by Gasteiger charge is -2.37. The van der Waals surface area contributed by atoms with Crippen molar-refractivity contribution in [2.45, 2.75) is 6.04 Å². The van der Waals surface area contributed by atoms with E-state index in [2.05, 4.69) is 33.7 Å². The molecule has 1 aliphatic heterocycles. The van der Waals surface area contributed by atoms with Gasteiger partial charge in [0.05, 0.1) is 18.5 Å². The highest BCUT2D eigenvalue weighted by atomic mass is 16.5. The number of para-hydroxylation sites is 2. The number of methoxy groups -OCH3 is 1. The Morgan fingerprint density at radius 1 is 1.39 bits per heavy atom. The second kappa shape index (κ2) is 5.27. The van der Waals surface area contributed by atoms with Crippen LogP contribution in [0, 0.1) is 0 Å². The highest BCUT2D eigenvalue weighted by Crippen LogP contribution is 2.31. The number of nitrogens with two attached hydrogens (primary N) is 1. The fraction of sp³-hybridized carbons (Fsp3) is 0.462. The van der Waals surface area contributed by atoms with E-state index in [4.69, 9.17) is 5.73 Å². The van der Waals surface area contributed by atoms with Crippen LogP contribution in [0.5, 0.6) is 0 Å². The van der Waals surface area contributed by atoms with Gasteiger partial charge in [0.15, 0.2) is 0 Å². The van der Waals surface area contributed by atoms with Gasteiger partial charge in [0, 0.05) is 26.7 Å². The summed E-state index contributed by atoms with van der Waals surface area (Å²) in [7, 11) is 3.43. The third kappa shape index (κ3) is 2.41. The highest BCUT2D eigenvalue weighted by molar-refractivity contribution is 5.78. The molecule has 0 aliphatic carbocycles. The molecule has 1 atom stereocenters. The molecule has 18 heavy (non-hydrogen) atoms. The molecule has 2 N–H and O–H groups in total. The quantitative estimate of drug-likeness (QED) is 0.788. The summed E-state index contributed by atoms with van der Waals surface area (Å²) in [5.41, 5.74) is 8.10. The summed E-state index contributed by atoms with van der Waals surface area (Å²) >= 11 is 0. The molecule has 0 saturated carbocycles. The van der Waals surface area contributed by atoms with Gasteiger partial charge in [0.1, 0.15) is 6.04 Å². The number of ether oxygens (including phenoxy) is 1. The second-order valence-corrected chi connectivity index (χ2v) is 4.49. The smallest absolute Gasteiger partial charge is 0.324 e. The molecule has 0 amide bonds. The van der Waals surface area contributed by atoms with E-state index in [9.17, 15) is 4.79 Å². The van der Waals surface area contributed by atoms with Gasteiger partial charge in [0.2, 0.25) is 0 Å². The highest BCUT2D eigenvalue weighted by Gasteiger charge is 2.24. The third-order valence-corrected chi connectivity index (χ3v) is 3.26. The summed E-state index contributed by atoms with van der Waals surface area (Å²) < 4.78 is 4.66. The molecule has 0 saturated heterocycles. The Balaban J connectivity index is 2.16. The molecular weight excluding hydrogens is 230 g/mol. The summed E-state index contributed by atoms with van der Waals surface area (Å²) in [5.74, 6) is -0.369. The number of carbonyl (C=O) groups excluding carboxylic acids is 1. The van der Waals surface area contributed by atoms with Gasteiger partial charge in [-0.2, -0.15) is 0 Å². The number of hydrogen-bond acceptors (Lipinski definition) is 5. The number of fused-ring (bicyclic) bond motifs is 1. The van der Waals surface area contributed by atoms with Crippen LogP contribution in [0.1, 0.15) is 0 Å². The Morgan fingerprint density at radius 3 is 2.72 bits per heavy atom. The number of anilines is 2. The van der Waals surface area contributed by atoms with Crippen LogP contribution in [-0.4, -0.2) is 45.8 Å². The van der Waals surface area contributed by atoms with Crippen LogP contribution < -0.4 is 15.5 Å². The molecule has 2 rings (SSSR count). The molecule has 1 aromatic rings. The molecule has 5 nitrogen and oxygen atoms in total. The number of carbonyl (C=O) groups is 1. The Labute approximate surface area is 107 Å². The molecule has 1 aliphatic rings. The van der Waals surface area contributed by atoms with E-state index in [0.717, 1.165) is 18.8 Å². The molecule has 98 valence electrons. The second-order valence-electron chi connectivity index (χ2n) is 4.49. The maximum Gasteiger partial charge on any atom is 0.324 e. The van der Waals surface area contributed by atoms with Crippen LogP contribution in [0.2, 0.25) is 0 Å². The number of esters is 1. The number of rotatable bonds is 3. The number of hydrogen-bond donors (Lipinski definition) is 1. The molecule has 0 aromatic heterocycles. The largest absolute Gasteiger partial charge is 0.468 e. The molecule has 1 unspecified atom stereocenters. The van der Waals surface area contributed by atoms with Gasteiger partial charge in [0.25, 0.3) is 0 Å². The van der Waals surface area contributed by atoms with E-state index in [0.29, 0.717) is 6.54 Å². The van der Waals surface area contributed by atoms with E-state index in [1.54, 1.807) is 0 Å². The predicted molar refractivity (Wildman–Crippen MR) is 71.9 cm³/mol. The normalized spacial score (nSPS) is 16.2. The van der Waals surface area contributed by atoms with Gasteiger partial charge in [-0.15, -0.1) is 0 Å². The average molecular weight is 249 g/mol. The first-order chi connectivity index (χ1) is 8.63. The van der Waals surface area contributed by atoms with Crippen molar-refractivity contribution in [2.75, 3.05) is 43.6 Å². The van der Waals surface area contributed by atoms with Crippen molar-refractivity contribution in [2.24, 2.45) is 5.73 Å². The lowest BCUT2D eigenvalue weighted by Crippen LogP contribution is -2.48. The van der Waals surface area contributed by atoms with Gasteiger partial charge in [-0.05, 0) is 12.1 Å². The topological polar surface area (TPSA) is 58.8 Å². The SMILES string of the molecule is COC(=O)C(N)CN1CCN(C)c2ccccc21. The van der Waals surface area contributed by atoms with Crippen LogP contribution in [-0.2, 0) is 9.53 Å². The molecule has 0 spiro atoms. The third-order valence-electron chi connectivity index (χ3n) is 3.26. The molecule has 5 heteroatoms. The fourth-order valence-corrected chi connectivity index (χ4v) is 2.22. The Morgan fingerprint density at radius 2 is 2.06 bits per heavy atom. The van der Waals surface area contributed by atoms with Gasteiger partial charge < -0.3 is 20.3 Å². The Hall–Kier alpha value is -1.75. The average Bonchev–Trinajstić information content (AvgIpc) is 2.41. The van der Waals surface area contributed by atoms with Crippen molar-refractivity contribution in [1.82, 2.24) is 0 Å². The Kier molecular flexibility index (Phi) is 3.72. The number of likely N-dealkylation sites (N-methyl/N-ethyl adjacent to an activating group) is 1. The summed E-state index contributed by atoms with van der Waals surface area (Å²) in [5, 5.41) is 0. The van der Waals surface area contributed by atoms with Crippen LogP contribution >= 0.6 is 0 Å². The van der Waals surface area contributed by atoms with Crippen LogP contribution in [0.25, 0.3) is 0 Å². The summed E-state index contributed by atoms with van der Waals surface area (Å²) in [6.45, 7) is 2.26. The Bertz CT molecular complexity index is 436. The van der Waals surface area contributed by atoms with E-state index in [1.165, 1.54) is 12.8 Å². The molecule has 0 bridgehead atoms. The van der Waals surface area contributed by atoms with Crippen molar-refractivity contribution in [1.29, 1.82) is 0 Å². The molecule has 1 heterocycles. The van der Waals surface area contributed by atoms with E-state index < -0.39 is 6.04 Å². The van der Waals surface area contributed by atoms with Gasteiger partial charge in [-0.1, -0.05) is 12.1 Å². The monoisotopic (exact) mass is 249 g/mol. The van der Waals surface area contributed by atoms with E-state index in [1.807, 2.05) is 12.1 Å². The van der Waals surface area contributed by atoms with E-state index in [-0.39, 0.29) is 5.97 Å². The molecule has 0 radical (unpaired) electrons. The summed E-state index contributed by atoms with van der Waals surface area (Å²) in [4.78, 5) is 15.7. The van der Waals surface area contributed by atoms with Crippen molar-refractivity contribution in [3.8, 4) is 0 Å². The van der Waals surface area contributed by atoms with E-state index >= 15 is 0 Å². The zero-order valence-corrected chi connectivity index (χ0v) is 10.8. The maximum atomic E-state index is 11.4. The summed E-state index contributed by atoms with van der Waals surface area (Å²) in [6, 6.07) is 7.53. The van der Waals surface area contributed by atoms with Crippen molar-refractivity contribution in [3.63, 3.8) is 0 Å². The first-order valence-electron chi connectivity index (χ1n) is 6.02. The van der Waals surface area contributed by atoms with Crippen molar-refractivity contribution in [3.05, 3.63) is 24.3 Å². The molecular formula is C13H19N3O2. The zero-order valence-electron chi connectivity index (χ0n) is 10.8. The van der Waals surface area contributed by atoms with Crippen molar-refractivity contribution < 1.29 is 9.53 Å². The first-order valence-corrected chi connectivity index (χ1v) is 6.02. The van der Waals surface area contributed by atoms with Gasteiger partial charge >= 0.3 is 5.97 Å². The van der Waals surface area contributed by atoms with Gasteiger partial charge in [-0.3, -0.25) is 4.79 Å². The van der Waals surface area contributed by atoms with Crippen LogP contribution in [0.3, 0.4) is 0 Å². The van der Waals surface area contributed by atoms with Crippen LogP contribution in [0.4, 0.5) is 11.4 Å². The lowest BCUT2D eigenvalue weighted by atomic mass is 10.1. The maximum absolute atomic E-state index is 11.4. The number of nitrogens with zero attached hydrogens (tertiary/aromatic N) is 2. The van der Waals surface area contributed by atoms with Crippen LogP contribution in [0.15, 0.2) is 24.3 Å².